The Kier molecular flexibility index (Phi) is 32.8. The summed E-state index contributed by atoms with van der Waals surface area (Å²) < 4.78 is 0. The van der Waals surface area contributed by atoms with Crippen molar-refractivity contribution in [1.29, 1.82) is 5.26 Å². The van der Waals surface area contributed by atoms with E-state index in [9.17, 15) is 14.7 Å². The zero-order chi connectivity index (χ0) is 26.2. The second kappa shape index (κ2) is 25.1. The number of rotatable bonds is 4. The maximum absolute atomic E-state index is 11.5. The molecule has 0 atom stereocenters. The van der Waals surface area contributed by atoms with Crippen LogP contribution in [0.15, 0.2) is 22.9 Å². The second-order valence-corrected chi connectivity index (χ2v) is 9.34. The van der Waals surface area contributed by atoms with Gasteiger partial charge in [-0.15, -0.1) is 11.6 Å². The molecule has 1 aromatic heterocycles. The van der Waals surface area contributed by atoms with Crippen LogP contribution in [0.4, 0.5) is 5.82 Å². The van der Waals surface area contributed by atoms with Crippen molar-refractivity contribution in [2.24, 2.45) is 4.99 Å². The van der Waals surface area contributed by atoms with E-state index in [0.717, 1.165) is 23.5 Å². The average molecular weight is 833 g/mol. The molecule has 0 spiro atoms. The van der Waals surface area contributed by atoms with E-state index in [1.165, 1.54) is 6.19 Å². The Morgan fingerprint density at radius 2 is 1.64 bits per heavy atom. The van der Waals surface area contributed by atoms with Crippen LogP contribution in [0.1, 0.15) is 46.4 Å². The number of thiazole rings is 1. The maximum atomic E-state index is 11.5. The molecule has 0 fully saturated rings. The van der Waals surface area contributed by atoms with E-state index in [0.29, 0.717) is 4.88 Å². The standard InChI is InChI=1S/C10H14N3O2S.C8H14ClNO2.C2N2S.K.2La/c1-10(2,3)13-7(15)4-6(14)8-9(11)12-5-16-8;1-8(2,3)10-7(12)4-6(11)5-9;3-1-4-2-5;;;/h4,14H,11H2,1-3H3,(H,13,15);4,11H,5H2,1-3H3,(H,10,12);;;;/q-1;;-2;+1;;/b2*6-4-;;;;. The van der Waals surface area contributed by atoms with Gasteiger partial charge < -0.3 is 60.0 Å². The van der Waals surface area contributed by atoms with Gasteiger partial charge in [-0.1, -0.05) is 0 Å². The van der Waals surface area contributed by atoms with E-state index < -0.39 is 0 Å². The number of amides is 2. The Labute approximate surface area is 325 Å². The van der Waals surface area contributed by atoms with Gasteiger partial charge in [-0.25, -0.2) is 0 Å². The van der Waals surface area contributed by atoms with Gasteiger partial charge in [0.15, 0.2) is 0 Å². The van der Waals surface area contributed by atoms with Gasteiger partial charge in [0.25, 0.3) is 0 Å². The van der Waals surface area contributed by atoms with Crippen LogP contribution in [-0.2, 0) is 22.2 Å². The minimum Gasteiger partial charge on any atom is -0.895 e. The molecule has 1 aromatic rings. The third-order valence-corrected chi connectivity index (χ3v) is 3.74. The third kappa shape index (κ3) is 29.7. The van der Waals surface area contributed by atoms with Crippen LogP contribution in [-0.4, -0.2) is 49.5 Å². The second-order valence-electron chi connectivity index (χ2n) is 8.10. The largest absolute Gasteiger partial charge is 1.00 e. The molecule has 0 saturated heterocycles. The number of aliphatic hydroxyl groups excluding tert-OH is 2. The number of allylic oxidation sites excluding steroid dienone is 1. The van der Waals surface area contributed by atoms with Crippen molar-refractivity contribution in [2.75, 3.05) is 11.6 Å². The molecule has 0 unspecified atom stereocenters. The van der Waals surface area contributed by atoms with Gasteiger partial charge in [0.05, 0.1) is 11.6 Å². The van der Waals surface area contributed by atoms with Crippen LogP contribution in [0.25, 0.3) is 5.76 Å². The maximum Gasteiger partial charge on any atom is 1.00 e. The van der Waals surface area contributed by atoms with Crippen molar-refractivity contribution < 1.29 is 142 Å². The van der Waals surface area contributed by atoms with Gasteiger partial charge >= 0.3 is 51.4 Å². The van der Waals surface area contributed by atoms with Crippen LogP contribution in [0.5, 0.6) is 0 Å². The van der Waals surface area contributed by atoms with Gasteiger partial charge in [-0.05, 0) is 63.9 Å². The number of aliphatic imine (C=N–C) groups is 1. The first-order chi connectivity index (χ1) is 15.1. The molecule has 6 N–H and O–H groups in total. The minimum atomic E-state index is -0.377. The Balaban J connectivity index is -0.000000143. The van der Waals surface area contributed by atoms with Gasteiger partial charge in [-0.2, -0.15) is 0 Å². The number of aromatic nitrogens is 1. The van der Waals surface area contributed by atoms with E-state index in [-0.39, 0.29) is 169 Å². The molecule has 2 amide bonds. The van der Waals surface area contributed by atoms with Gasteiger partial charge in [0.1, 0.15) is 5.76 Å². The summed E-state index contributed by atoms with van der Waals surface area (Å²) >= 11 is 10.3. The number of aliphatic hydroxyl groups is 2. The number of alkyl halides is 1. The molecule has 2 radical (unpaired) electrons. The van der Waals surface area contributed by atoms with E-state index in [1.54, 1.807) is 0 Å². The van der Waals surface area contributed by atoms with Crippen molar-refractivity contribution >= 4 is 64.5 Å². The van der Waals surface area contributed by atoms with Crippen LogP contribution in [0.3, 0.4) is 0 Å². The van der Waals surface area contributed by atoms with Crippen molar-refractivity contribution in [3.8, 4) is 6.19 Å². The SMILES string of the molecule is CC(C)(C)NC(=O)/C=C(\O)CCl.CC(C)(C)NC(=O)/C=C(\O)c1s[c-]nc1N.N#CN=[C-][S-].[K+].[La].[La]. The number of hydrogen-bond acceptors (Lipinski definition) is 10. The first kappa shape index (κ1) is 47.0. The molecule has 1 rings (SSSR count). The average Bonchev–Trinajstić information content (AvgIpc) is 3.06. The van der Waals surface area contributed by atoms with E-state index in [4.69, 9.17) is 27.7 Å². The summed E-state index contributed by atoms with van der Waals surface area (Å²) in [6.45, 7) is 11.1. The Bertz CT molecular complexity index is 911. The quantitative estimate of drug-likeness (QED) is 0.0321. The summed E-state index contributed by atoms with van der Waals surface area (Å²) in [7, 11) is 0. The van der Waals surface area contributed by atoms with E-state index in [1.807, 2.05) is 47.1 Å². The normalized spacial score (nSPS) is 10.9. The van der Waals surface area contributed by atoms with Crippen molar-refractivity contribution in [2.45, 2.75) is 52.6 Å². The third-order valence-electron chi connectivity index (χ3n) is 2.57. The van der Waals surface area contributed by atoms with Gasteiger partial charge in [0, 0.05) is 94.4 Å². The van der Waals surface area contributed by atoms with Crippen molar-refractivity contribution in [1.82, 2.24) is 15.6 Å². The Morgan fingerprint density at radius 3 is 1.92 bits per heavy atom. The summed E-state index contributed by atoms with van der Waals surface area (Å²) in [4.78, 5) is 29.3. The molecular weight excluding hydrogens is 805 g/mol. The molecule has 0 bridgehead atoms. The molecule has 0 aliphatic heterocycles. The monoisotopic (exact) mass is 832 g/mol. The predicted molar refractivity (Wildman–Crippen MR) is 134 cm³/mol. The topological polar surface area (TPSA) is 174 Å². The number of anilines is 1. The molecule has 0 saturated carbocycles. The summed E-state index contributed by atoms with van der Waals surface area (Å²) in [5.74, 6) is -0.908. The Hall–Kier alpha value is 1.15. The molecule has 0 aromatic carbocycles. The number of nitrogens with one attached hydrogen (secondary N) is 2. The summed E-state index contributed by atoms with van der Waals surface area (Å²) in [5.41, 5.74) is 9.24. The number of carbonyl (C=O) groups is 2. The molecule has 190 valence electrons. The molecule has 1 heterocycles. The summed E-state index contributed by atoms with van der Waals surface area (Å²) in [6, 6.07) is 0. The van der Waals surface area contributed by atoms with Crippen LogP contribution in [0.2, 0.25) is 0 Å². The number of hydrogen-bond donors (Lipinski definition) is 5. The molecule has 0 aliphatic carbocycles. The zero-order valence-electron chi connectivity index (χ0n) is 21.3. The number of nitrogen functional groups attached to an aromatic ring is 1. The fraction of sp³-hybridized carbons (Fsp3) is 0.450. The van der Waals surface area contributed by atoms with Gasteiger partial charge in [-0.3, -0.25) is 20.9 Å². The fourth-order valence-corrected chi connectivity index (χ4v) is 2.28. The number of nitrogens with zero attached hydrogens (tertiary/aromatic N) is 3. The Morgan fingerprint density at radius 1 is 1.19 bits per heavy atom. The summed E-state index contributed by atoms with van der Waals surface area (Å²) in [6.07, 6.45) is 3.59. The first-order valence-electron chi connectivity index (χ1n) is 9.15. The molecular formula is C20H28ClKLa2N6O4S2-2. The van der Waals surface area contributed by atoms with Gasteiger partial charge in [0.2, 0.25) is 11.8 Å². The summed E-state index contributed by atoms with van der Waals surface area (Å²) in [5, 5.41) is 31.4. The van der Waals surface area contributed by atoms with Crippen LogP contribution < -0.4 is 67.8 Å². The zero-order valence-corrected chi connectivity index (χ0v) is 34.1. The first-order valence-corrected chi connectivity index (χ1v) is 10.9. The van der Waals surface area contributed by atoms with E-state index >= 15 is 0 Å². The molecule has 0 aliphatic rings. The molecule has 10 nitrogen and oxygen atoms in total. The van der Waals surface area contributed by atoms with Crippen molar-refractivity contribution in [3.63, 3.8) is 0 Å². The molecule has 36 heavy (non-hydrogen) atoms. The fourth-order valence-electron chi connectivity index (χ4n) is 1.62. The van der Waals surface area contributed by atoms with E-state index in [2.05, 4.69) is 38.7 Å². The van der Waals surface area contributed by atoms with Crippen LogP contribution in [0, 0.1) is 88.2 Å². The number of halogens is 1. The number of nitriles is 1. The molecule has 16 heteroatoms. The smallest absolute Gasteiger partial charge is 0.895 e. The number of carbonyl (C=O) groups excluding carboxylic acids is 2. The van der Waals surface area contributed by atoms with Crippen LogP contribution >= 0.6 is 22.9 Å². The van der Waals surface area contributed by atoms with Crippen molar-refractivity contribution in [3.05, 3.63) is 28.3 Å². The predicted octanol–water partition coefficient (Wildman–Crippen LogP) is -0.155. The minimum absolute atomic E-state index is 0. The number of nitrogens with two attached hydrogens (primary N) is 1.